The number of carbonyl (C=O) groups excluding carboxylic acids is 2. The molecule has 2 amide bonds. The zero-order valence-electron chi connectivity index (χ0n) is 17.1. The molecule has 0 aliphatic carbocycles. The zero-order chi connectivity index (χ0) is 23.9. The second-order valence-electron chi connectivity index (χ2n) is 6.48. The van der Waals surface area contributed by atoms with Gasteiger partial charge >= 0.3 is 11.9 Å². The summed E-state index contributed by atoms with van der Waals surface area (Å²) in [6.07, 6.45) is 1.17. The van der Waals surface area contributed by atoms with Gasteiger partial charge in [0, 0.05) is 13.1 Å². The van der Waals surface area contributed by atoms with Crippen LogP contribution in [0.15, 0.2) is 48.5 Å². The SMILES string of the molecule is O=C(CCl)NCCc1cccc(C(=O)O)c1.O=C(CCl)NCCc1cccc(C(=O)O)c1. The number of carboxylic acids is 2. The Kier molecular flexibility index (Phi) is 12.5. The van der Waals surface area contributed by atoms with Crippen molar-refractivity contribution in [1.29, 1.82) is 0 Å². The van der Waals surface area contributed by atoms with E-state index in [2.05, 4.69) is 10.6 Å². The van der Waals surface area contributed by atoms with Crippen LogP contribution in [0, 0.1) is 0 Å². The predicted molar refractivity (Wildman–Crippen MR) is 122 cm³/mol. The fourth-order valence-electron chi connectivity index (χ4n) is 2.51. The molecule has 10 heteroatoms. The molecule has 4 N–H and O–H groups in total. The van der Waals surface area contributed by atoms with Gasteiger partial charge in [0.15, 0.2) is 0 Å². The lowest BCUT2D eigenvalue weighted by Crippen LogP contribution is -2.26. The van der Waals surface area contributed by atoms with Crippen molar-refractivity contribution in [3.8, 4) is 0 Å². The van der Waals surface area contributed by atoms with E-state index in [1.54, 1.807) is 24.3 Å². The Morgan fingerprint density at radius 2 is 1.06 bits per heavy atom. The fourth-order valence-corrected chi connectivity index (χ4v) is 2.70. The zero-order valence-corrected chi connectivity index (χ0v) is 18.7. The molecule has 0 unspecified atom stereocenters. The highest BCUT2D eigenvalue weighted by Crippen LogP contribution is 2.06. The summed E-state index contributed by atoms with van der Waals surface area (Å²) in [6.45, 7) is 0.906. The molecule has 0 saturated heterocycles. The molecular formula is C22H24Cl2N2O6. The maximum Gasteiger partial charge on any atom is 0.335 e. The summed E-state index contributed by atoms with van der Waals surface area (Å²) in [5.41, 5.74) is 2.24. The number of alkyl halides is 2. The van der Waals surface area contributed by atoms with Gasteiger partial charge in [0.2, 0.25) is 11.8 Å². The van der Waals surface area contributed by atoms with Crippen molar-refractivity contribution in [2.45, 2.75) is 12.8 Å². The summed E-state index contributed by atoms with van der Waals surface area (Å²) in [5, 5.41) is 22.8. The van der Waals surface area contributed by atoms with E-state index in [1.165, 1.54) is 12.1 Å². The van der Waals surface area contributed by atoms with Crippen molar-refractivity contribution >= 4 is 47.0 Å². The Balaban J connectivity index is 0.000000320. The molecular weight excluding hydrogens is 459 g/mol. The van der Waals surface area contributed by atoms with Crippen LogP contribution in [0.2, 0.25) is 0 Å². The summed E-state index contributed by atoms with van der Waals surface area (Å²) in [4.78, 5) is 43.1. The second kappa shape index (κ2) is 14.8. The molecule has 2 aromatic rings. The van der Waals surface area contributed by atoms with Gasteiger partial charge in [0.25, 0.3) is 0 Å². The van der Waals surface area contributed by atoms with Gasteiger partial charge in [-0.05, 0) is 48.2 Å². The fraction of sp³-hybridized carbons (Fsp3) is 0.273. The summed E-state index contributed by atoms with van der Waals surface area (Å²) in [5.74, 6) is -2.48. The molecule has 0 atom stereocenters. The molecule has 0 bridgehead atoms. The van der Waals surface area contributed by atoms with E-state index >= 15 is 0 Å². The third-order valence-corrected chi connectivity index (χ3v) is 4.55. The molecule has 0 aliphatic heterocycles. The quantitative estimate of drug-likeness (QED) is 0.384. The lowest BCUT2D eigenvalue weighted by atomic mass is 10.1. The topological polar surface area (TPSA) is 133 Å². The number of amides is 2. The molecule has 8 nitrogen and oxygen atoms in total. The third-order valence-electron chi connectivity index (χ3n) is 4.06. The average molecular weight is 483 g/mol. The number of halogens is 2. The van der Waals surface area contributed by atoms with Gasteiger partial charge in [0.05, 0.1) is 11.1 Å². The van der Waals surface area contributed by atoms with Crippen LogP contribution < -0.4 is 10.6 Å². The number of rotatable bonds is 10. The van der Waals surface area contributed by atoms with E-state index in [4.69, 9.17) is 33.4 Å². The van der Waals surface area contributed by atoms with Crippen LogP contribution in [-0.4, -0.2) is 58.8 Å². The predicted octanol–water partition coefficient (Wildman–Crippen LogP) is 2.56. The smallest absolute Gasteiger partial charge is 0.335 e. The van der Waals surface area contributed by atoms with Crippen LogP contribution in [0.1, 0.15) is 31.8 Å². The van der Waals surface area contributed by atoms with Crippen LogP contribution >= 0.6 is 23.2 Å². The molecule has 0 aromatic heterocycles. The summed E-state index contributed by atoms with van der Waals surface area (Å²) < 4.78 is 0. The molecule has 32 heavy (non-hydrogen) atoms. The number of aromatic carboxylic acids is 2. The number of carbonyl (C=O) groups is 4. The Morgan fingerprint density at radius 1 is 0.688 bits per heavy atom. The number of hydrogen-bond acceptors (Lipinski definition) is 4. The van der Waals surface area contributed by atoms with Gasteiger partial charge in [0.1, 0.15) is 11.8 Å². The molecule has 0 spiro atoms. The largest absolute Gasteiger partial charge is 0.478 e. The standard InChI is InChI=1S/2C11H12ClNO3/c2*12-7-10(14)13-5-4-8-2-1-3-9(6-8)11(15)16/h2*1-3,6H,4-5,7H2,(H,13,14)(H,15,16). The van der Waals surface area contributed by atoms with Crippen LogP contribution in [0.4, 0.5) is 0 Å². The van der Waals surface area contributed by atoms with Crippen molar-refractivity contribution in [2.75, 3.05) is 24.8 Å². The lowest BCUT2D eigenvalue weighted by molar-refractivity contribution is -0.119. The molecule has 0 saturated carbocycles. The van der Waals surface area contributed by atoms with Gasteiger partial charge in [-0.25, -0.2) is 9.59 Å². The van der Waals surface area contributed by atoms with Crippen molar-refractivity contribution < 1.29 is 29.4 Å². The molecule has 2 rings (SSSR count). The highest BCUT2D eigenvalue weighted by molar-refractivity contribution is 6.27. The summed E-state index contributed by atoms with van der Waals surface area (Å²) >= 11 is 10.6. The number of nitrogens with one attached hydrogen (secondary N) is 2. The van der Waals surface area contributed by atoms with Gasteiger partial charge < -0.3 is 20.8 Å². The summed E-state index contributed by atoms with van der Waals surface area (Å²) in [7, 11) is 0. The van der Waals surface area contributed by atoms with Crippen molar-refractivity contribution in [3.05, 3.63) is 70.8 Å². The van der Waals surface area contributed by atoms with Crippen LogP contribution in [0.3, 0.4) is 0 Å². The first-order chi connectivity index (χ1) is 15.3. The van der Waals surface area contributed by atoms with Crippen LogP contribution in [0.5, 0.6) is 0 Å². The van der Waals surface area contributed by atoms with E-state index in [1.807, 2.05) is 12.1 Å². The van der Waals surface area contributed by atoms with Crippen molar-refractivity contribution in [2.24, 2.45) is 0 Å². The molecule has 0 aliphatic rings. The minimum Gasteiger partial charge on any atom is -0.478 e. The Hall–Kier alpha value is -3.10. The monoisotopic (exact) mass is 482 g/mol. The van der Waals surface area contributed by atoms with Gasteiger partial charge in [-0.15, -0.1) is 23.2 Å². The molecule has 2 aromatic carbocycles. The third kappa shape index (κ3) is 10.8. The Labute approximate surface area is 195 Å². The normalized spacial score (nSPS) is 9.81. The van der Waals surface area contributed by atoms with E-state index in [9.17, 15) is 19.2 Å². The van der Waals surface area contributed by atoms with Gasteiger partial charge in [-0.3, -0.25) is 9.59 Å². The maximum atomic E-state index is 10.8. The Morgan fingerprint density at radius 3 is 1.38 bits per heavy atom. The molecule has 172 valence electrons. The maximum absolute atomic E-state index is 10.8. The Bertz CT molecular complexity index is 861. The van der Waals surface area contributed by atoms with E-state index in [0.717, 1.165) is 11.1 Å². The van der Waals surface area contributed by atoms with Crippen molar-refractivity contribution in [1.82, 2.24) is 10.6 Å². The first-order valence-corrected chi connectivity index (χ1v) is 10.6. The number of carboxylic acid groups (broad SMARTS) is 2. The number of hydrogen-bond donors (Lipinski definition) is 4. The first-order valence-electron chi connectivity index (χ1n) is 9.56. The molecule has 0 radical (unpaired) electrons. The lowest BCUT2D eigenvalue weighted by Gasteiger charge is -2.04. The summed E-state index contributed by atoms with van der Waals surface area (Å²) in [6, 6.07) is 13.2. The number of benzene rings is 2. The first kappa shape index (κ1) is 26.9. The van der Waals surface area contributed by atoms with E-state index < -0.39 is 11.9 Å². The van der Waals surface area contributed by atoms with Gasteiger partial charge in [-0.2, -0.15) is 0 Å². The molecule has 0 fully saturated rings. The minimum absolute atomic E-state index is 0.0604. The highest BCUT2D eigenvalue weighted by Gasteiger charge is 2.04. The van der Waals surface area contributed by atoms with E-state index in [0.29, 0.717) is 25.9 Å². The average Bonchev–Trinajstić information content (AvgIpc) is 2.79. The second-order valence-corrected chi connectivity index (χ2v) is 7.01. The molecule has 0 heterocycles. The van der Waals surface area contributed by atoms with Crippen LogP contribution in [0.25, 0.3) is 0 Å². The van der Waals surface area contributed by atoms with Crippen LogP contribution in [-0.2, 0) is 22.4 Å². The van der Waals surface area contributed by atoms with Gasteiger partial charge in [-0.1, -0.05) is 24.3 Å². The van der Waals surface area contributed by atoms with Crippen molar-refractivity contribution in [3.63, 3.8) is 0 Å². The highest BCUT2D eigenvalue weighted by atomic mass is 35.5. The minimum atomic E-state index is -0.952. The van der Waals surface area contributed by atoms with E-state index in [-0.39, 0.29) is 34.7 Å².